The maximum Gasteiger partial charge on any atom is 0.362 e. The van der Waals surface area contributed by atoms with Crippen molar-refractivity contribution in [2.45, 2.75) is 0 Å². The summed E-state index contributed by atoms with van der Waals surface area (Å²) in [7, 11) is 1.25. The number of nitrogen functional groups attached to an aromatic ring is 1. The summed E-state index contributed by atoms with van der Waals surface area (Å²) < 4.78 is 16.8. The molecule has 0 saturated heterocycles. The van der Waals surface area contributed by atoms with Gasteiger partial charge < -0.3 is 19.9 Å². The number of anilines is 1. The predicted molar refractivity (Wildman–Crippen MR) is 68.1 cm³/mol. The average molecular weight is 276 g/mol. The van der Waals surface area contributed by atoms with Crippen molar-refractivity contribution < 1.29 is 19.0 Å². The number of methoxy groups -OCH3 is 1. The summed E-state index contributed by atoms with van der Waals surface area (Å²) >= 11 is 0. The molecule has 1 aliphatic heterocycles. The summed E-state index contributed by atoms with van der Waals surface area (Å²) in [6.07, 6.45) is 0. The lowest BCUT2D eigenvalue weighted by molar-refractivity contribution is 0.0595. The second kappa shape index (κ2) is 4.72. The molecule has 2 aromatic rings. The number of carbonyl (C=O) groups excluding carboxylic acids is 1. The van der Waals surface area contributed by atoms with E-state index in [4.69, 9.17) is 15.2 Å². The van der Waals surface area contributed by atoms with Gasteiger partial charge in [-0.3, -0.25) is 0 Å². The van der Waals surface area contributed by atoms with Gasteiger partial charge in [0.25, 0.3) is 0 Å². The Morgan fingerprint density at radius 2 is 2.10 bits per heavy atom. The molecule has 1 aromatic heterocycles. The number of rotatable bonds is 2. The van der Waals surface area contributed by atoms with Crippen molar-refractivity contribution in [3.8, 4) is 17.2 Å². The molecule has 1 aliphatic rings. The van der Waals surface area contributed by atoms with Crippen LogP contribution in [0.2, 0.25) is 0 Å². The van der Waals surface area contributed by atoms with Crippen LogP contribution >= 0.6 is 0 Å². The van der Waals surface area contributed by atoms with Crippen LogP contribution < -0.4 is 15.2 Å². The molecule has 0 spiro atoms. The smallest absolute Gasteiger partial charge is 0.362 e. The summed E-state index contributed by atoms with van der Waals surface area (Å²) in [5.41, 5.74) is 6.45. The molecule has 8 heteroatoms. The second-order valence-electron chi connectivity index (χ2n) is 4.05. The van der Waals surface area contributed by atoms with E-state index in [2.05, 4.69) is 15.0 Å². The Bertz CT molecular complexity index is 667. The van der Waals surface area contributed by atoms with Crippen LogP contribution in [0.25, 0.3) is 5.69 Å². The lowest BCUT2D eigenvalue weighted by atomic mass is 10.2. The Labute approximate surface area is 114 Å². The van der Waals surface area contributed by atoms with Crippen molar-refractivity contribution >= 4 is 11.8 Å². The van der Waals surface area contributed by atoms with Crippen LogP contribution in [0.4, 0.5) is 5.82 Å². The first-order valence-electron chi connectivity index (χ1n) is 5.90. The summed E-state index contributed by atoms with van der Waals surface area (Å²) in [5.74, 6) is 0.731. The van der Waals surface area contributed by atoms with Gasteiger partial charge >= 0.3 is 5.97 Å². The second-order valence-corrected chi connectivity index (χ2v) is 4.05. The zero-order chi connectivity index (χ0) is 14.1. The molecule has 0 saturated carbocycles. The number of hydrogen-bond acceptors (Lipinski definition) is 7. The van der Waals surface area contributed by atoms with Gasteiger partial charge in [-0.05, 0) is 12.1 Å². The fourth-order valence-electron chi connectivity index (χ4n) is 1.89. The normalized spacial score (nSPS) is 13.1. The van der Waals surface area contributed by atoms with Crippen LogP contribution in [-0.4, -0.2) is 41.3 Å². The zero-order valence-corrected chi connectivity index (χ0v) is 10.7. The van der Waals surface area contributed by atoms with Crippen molar-refractivity contribution in [2.24, 2.45) is 0 Å². The summed E-state index contributed by atoms with van der Waals surface area (Å²) in [4.78, 5) is 11.4. The van der Waals surface area contributed by atoms with E-state index in [1.54, 1.807) is 18.2 Å². The molecule has 104 valence electrons. The molecule has 0 aliphatic carbocycles. The number of benzene rings is 1. The van der Waals surface area contributed by atoms with Gasteiger partial charge in [0.05, 0.1) is 12.8 Å². The molecule has 20 heavy (non-hydrogen) atoms. The predicted octanol–water partition coefficient (Wildman–Crippen LogP) is 0.407. The van der Waals surface area contributed by atoms with E-state index < -0.39 is 5.97 Å². The van der Waals surface area contributed by atoms with E-state index in [0.29, 0.717) is 30.4 Å². The van der Waals surface area contributed by atoms with Crippen molar-refractivity contribution in [3.05, 3.63) is 23.9 Å². The summed E-state index contributed by atoms with van der Waals surface area (Å²) in [6, 6.07) is 5.23. The quantitative estimate of drug-likeness (QED) is 0.792. The van der Waals surface area contributed by atoms with Gasteiger partial charge in [0.2, 0.25) is 5.69 Å². The highest BCUT2D eigenvalue weighted by molar-refractivity contribution is 5.92. The number of esters is 1. The number of hydrogen-bond donors (Lipinski definition) is 1. The van der Waals surface area contributed by atoms with Gasteiger partial charge in [0.1, 0.15) is 13.2 Å². The number of aromatic nitrogens is 3. The van der Waals surface area contributed by atoms with Crippen molar-refractivity contribution in [2.75, 3.05) is 26.1 Å². The molecule has 2 N–H and O–H groups in total. The molecule has 0 radical (unpaired) electrons. The van der Waals surface area contributed by atoms with E-state index in [0.717, 1.165) is 0 Å². The fraction of sp³-hybridized carbons (Fsp3) is 0.250. The highest BCUT2D eigenvalue weighted by atomic mass is 16.6. The Morgan fingerprint density at radius 3 is 2.85 bits per heavy atom. The number of fused-ring (bicyclic) bond motifs is 1. The van der Waals surface area contributed by atoms with Crippen molar-refractivity contribution in [3.63, 3.8) is 0 Å². The minimum Gasteiger partial charge on any atom is -0.486 e. The lowest BCUT2D eigenvalue weighted by Crippen LogP contribution is -2.15. The van der Waals surface area contributed by atoms with E-state index in [1.807, 2.05) is 0 Å². The largest absolute Gasteiger partial charge is 0.486 e. The fourth-order valence-corrected chi connectivity index (χ4v) is 1.89. The Hall–Kier alpha value is -2.77. The van der Waals surface area contributed by atoms with E-state index in [1.165, 1.54) is 11.8 Å². The summed E-state index contributed by atoms with van der Waals surface area (Å²) in [5, 5.41) is 7.56. The van der Waals surface area contributed by atoms with Crippen LogP contribution in [0.1, 0.15) is 10.5 Å². The van der Waals surface area contributed by atoms with Gasteiger partial charge in [-0.1, -0.05) is 5.21 Å². The molecular weight excluding hydrogens is 264 g/mol. The maximum absolute atomic E-state index is 11.4. The van der Waals surface area contributed by atoms with Crippen molar-refractivity contribution in [1.29, 1.82) is 0 Å². The molecule has 0 atom stereocenters. The number of ether oxygens (including phenoxy) is 3. The third-order valence-electron chi connectivity index (χ3n) is 2.85. The number of nitrogens with zero attached hydrogens (tertiary/aromatic N) is 3. The minimum atomic E-state index is -0.633. The topological polar surface area (TPSA) is 101 Å². The molecule has 0 unspecified atom stereocenters. The molecule has 8 nitrogen and oxygen atoms in total. The van der Waals surface area contributed by atoms with Crippen LogP contribution in [0.5, 0.6) is 11.5 Å². The molecule has 1 aromatic carbocycles. The molecule has 3 rings (SSSR count). The van der Waals surface area contributed by atoms with Crippen molar-refractivity contribution in [1.82, 2.24) is 15.0 Å². The molecule has 2 heterocycles. The Morgan fingerprint density at radius 1 is 1.35 bits per heavy atom. The molecule has 0 amide bonds. The first-order valence-corrected chi connectivity index (χ1v) is 5.90. The van der Waals surface area contributed by atoms with Crippen LogP contribution in [0, 0.1) is 0 Å². The average Bonchev–Trinajstić information content (AvgIpc) is 2.87. The van der Waals surface area contributed by atoms with E-state index >= 15 is 0 Å². The van der Waals surface area contributed by atoms with Gasteiger partial charge in [-0.25, -0.2) is 4.79 Å². The monoisotopic (exact) mass is 276 g/mol. The Balaban J connectivity index is 2.01. The first-order chi connectivity index (χ1) is 9.70. The van der Waals surface area contributed by atoms with Crippen LogP contribution in [0.3, 0.4) is 0 Å². The molecule has 0 fully saturated rings. The minimum absolute atomic E-state index is 0.0256. The third kappa shape index (κ3) is 1.91. The van der Waals surface area contributed by atoms with Gasteiger partial charge in [0.15, 0.2) is 17.3 Å². The van der Waals surface area contributed by atoms with Gasteiger partial charge in [-0.15, -0.1) is 5.10 Å². The van der Waals surface area contributed by atoms with Crippen LogP contribution in [0.15, 0.2) is 18.2 Å². The van der Waals surface area contributed by atoms with Gasteiger partial charge in [-0.2, -0.15) is 4.68 Å². The maximum atomic E-state index is 11.4. The van der Waals surface area contributed by atoms with E-state index in [-0.39, 0.29) is 11.5 Å². The Kier molecular flexibility index (Phi) is 2.90. The zero-order valence-electron chi connectivity index (χ0n) is 10.7. The molecular formula is C12H12N4O4. The number of nitrogens with two attached hydrogens (primary N) is 1. The molecule has 0 bridgehead atoms. The standard InChI is InChI=1S/C12H12N4O4/c1-18-12(17)10-11(13)16(15-14-10)7-2-3-8-9(6-7)20-5-4-19-8/h2-3,6H,4-5,13H2,1H3. The summed E-state index contributed by atoms with van der Waals surface area (Å²) in [6.45, 7) is 1.00. The lowest BCUT2D eigenvalue weighted by Gasteiger charge is -2.18. The first kappa shape index (κ1) is 12.3. The number of carbonyl (C=O) groups is 1. The van der Waals surface area contributed by atoms with E-state index in [9.17, 15) is 4.79 Å². The van der Waals surface area contributed by atoms with Crippen LogP contribution in [-0.2, 0) is 4.74 Å². The SMILES string of the molecule is COC(=O)c1nnn(-c2ccc3c(c2)OCCO3)c1N. The van der Waals surface area contributed by atoms with Gasteiger partial charge in [0, 0.05) is 6.07 Å². The highest BCUT2D eigenvalue weighted by Crippen LogP contribution is 2.32. The highest BCUT2D eigenvalue weighted by Gasteiger charge is 2.20. The third-order valence-corrected chi connectivity index (χ3v) is 2.85.